The fourth-order valence-electron chi connectivity index (χ4n) is 3.40. The van der Waals surface area contributed by atoms with Crippen LogP contribution in [0.15, 0.2) is 12.1 Å². The average molecular weight is 278 g/mol. The molecule has 3 nitrogen and oxygen atoms in total. The second kappa shape index (κ2) is 4.97. The zero-order valence-electron chi connectivity index (χ0n) is 10.7. The molecule has 0 bridgehead atoms. The van der Waals surface area contributed by atoms with Crippen LogP contribution in [0.25, 0.3) is 0 Å². The summed E-state index contributed by atoms with van der Waals surface area (Å²) in [6.45, 7) is 0.763. The molecular formula is C15H16ClNO2. The van der Waals surface area contributed by atoms with Crippen LogP contribution in [0.4, 0.5) is 5.69 Å². The van der Waals surface area contributed by atoms with E-state index in [1.54, 1.807) is 4.90 Å². The highest BCUT2D eigenvalue weighted by Crippen LogP contribution is 2.45. The van der Waals surface area contributed by atoms with Crippen molar-refractivity contribution < 1.29 is 9.59 Å². The minimum Gasteiger partial charge on any atom is -0.314 e. The lowest BCUT2D eigenvalue weighted by molar-refractivity contribution is -0.107. The number of anilines is 1. The van der Waals surface area contributed by atoms with Crippen molar-refractivity contribution in [3.63, 3.8) is 0 Å². The monoisotopic (exact) mass is 277 g/mol. The van der Waals surface area contributed by atoms with Crippen LogP contribution >= 0.6 is 11.6 Å². The Labute approximate surface area is 117 Å². The van der Waals surface area contributed by atoms with Crippen LogP contribution in [0, 0.1) is 0 Å². The number of rotatable bonds is 4. The largest absolute Gasteiger partial charge is 0.314 e. The van der Waals surface area contributed by atoms with Gasteiger partial charge in [0.2, 0.25) is 6.41 Å². The Kier molecular flexibility index (Phi) is 3.31. The molecule has 1 aliphatic heterocycles. The molecule has 3 rings (SSSR count). The third-order valence-electron chi connectivity index (χ3n) is 4.20. The van der Waals surface area contributed by atoms with E-state index in [2.05, 4.69) is 0 Å². The van der Waals surface area contributed by atoms with Gasteiger partial charge in [-0.3, -0.25) is 9.59 Å². The molecule has 1 heterocycles. The molecule has 1 aromatic carbocycles. The van der Waals surface area contributed by atoms with E-state index in [1.807, 2.05) is 12.1 Å². The topological polar surface area (TPSA) is 37.4 Å². The maximum absolute atomic E-state index is 12.1. The van der Waals surface area contributed by atoms with Gasteiger partial charge in [0.25, 0.3) is 0 Å². The van der Waals surface area contributed by atoms with E-state index < -0.39 is 0 Å². The smallest absolute Gasteiger partial charge is 0.214 e. The van der Waals surface area contributed by atoms with Gasteiger partial charge in [-0.05, 0) is 42.5 Å². The van der Waals surface area contributed by atoms with Crippen molar-refractivity contribution in [2.75, 3.05) is 17.3 Å². The Hall–Kier alpha value is -1.35. The number of carbonyl (C=O) groups excluding carboxylic acids is 2. The lowest BCUT2D eigenvalue weighted by Crippen LogP contribution is -2.19. The fraction of sp³-hybridized carbons (Fsp3) is 0.467. The Morgan fingerprint density at radius 2 is 2.32 bits per heavy atom. The fourth-order valence-corrected chi connectivity index (χ4v) is 3.57. The van der Waals surface area contributed by atoms with Gasteiger partial charge in [0.05, 0.1) is 0 Å². The van der Waals surface area contributed by atoms with Crippen molar-refractivity contribution >= 4 is 29.5 Å². The molecular weight excluding hydrogens is 262 g/mol. The van der Waals surface area contributed by atoms with E-state index in [9.17, 15) is 9.59 Å². The number of hydrogen-bond acceptors (Lipinski definition) is 2. The molecule has 0 radical (unpaired) electrons. The van der Waals surface area contributed by atoms with Crippen LogP contribution in [-0.2, 0) is 11.2 Å². The van der Waals surface area contributed by atoms with E-state index in [0.29, 0.717) is 18.2 Å². The molecule has 1 aliphatic carbocycles. The van der Waals surface area contributed by atoms with Crippen molar-refractivity contribution in [1.82, 2.24) is 0 Å². The second-order valence-corrected chi connectivity index (χ2v) is 5.61. The van der Waals surface area contributed by atoms with Gasteiger partial charge in [-0.15, -0.1) is 11.6 Å². The molecule has 0 aromatic heterocycles. The minimum absolute atomic E-state index is 0.123. The third kappa shape index (κ3) is 1.96. The van der Waals surface area contributed by atoms with Crippen LogP contribution in [0.5, 0.6) is 0 Å². The summed E-state index contributed by atoms with van der Waals surface area (Å²) in [5, 5.41) is 0. The molecule has 4 heteroatoms. The Morgan fingerprint density at radius 1 is 1.47 bits per heavy atom. The summed E-state index contributed by atoms with van der Waals surface area (Å²) in [5.41, 5.74) is 4.21. The zero-order valence-corrected chi connectivity index (χ0v) is 11.4. The molecule has 0 fully saturated rings. The summed E-state index contributed by atoms with van der Waals surface area (Å²) in [4.78, 5) is 25.0. The first-order chi connectivity index (χ1) is 9.26. The first kappa shape index (κ1) is 12.7. The number of alkyl halides is 1. The SMILES string of the molecule is O=CN1CC2CCCc3c(C(=O)CCCl)ccc1c32. The predicted molar refractivity (Wildman–Crippen MR) is 75.2 cm³/mol. The van der Waals surface area contributed by atoms with Crippen LogP contribution in [0.1, 0.15) is 46.7 Å². The number of halogens is 1. The van der Waals surface area contributed by atoms with Crippen LogP contribution in [0.3, 0.4) is 0 Å². The first-order valence-electron chi connectivity index (χ1n) is 6.73. The van der Waals surface area contributed by atoms with Crippen molar-refractivity contribution in [3.8, 4) is 0 Å². The van der Waals surface area contributed by atoms with Crippen LogP contribution in [0.2, 0.25) is 0 Å². The van der Waals surface area contributed by atoms with Gasteiger partial charge in [-0.2, -0.15) is 0 Å². The Bertz CT molecular complexity index is 541. The van der Waals surface area contributed by atoms with Gasteiger partial charge >= 0.3 is 0 Å². The average Bonchev–Trinajstić information content (AvgIpc) is 2.80. The summed E-state index contributed by atoms with van der Waals surface area (Å²) < 4.78 is 0. The van der Waals surface area contributed by atoms with E-state index in [4.69, 9.17) is 11.6 Å². The molecule has 0 saturated carbocycles. The third-order valence-corrected chi connectivity index (χ3v) is 4.39. The number of benzene rings is 1. The molecule has 2 aliphatic rings. The van der Waals surface area contributed by atoms with Gasteiger partial charge in [-0.1, -0.05) is 0 Å². The highest BCUT2D eigenvalue weighted by molar-refractivity contribution is 6.19. The summed E-state index contributed by atoms with van der Waals surface area (Å²) >= 11 is 5.67. The lowest BCUT2D eigenvalue weighted by atomic mass is 9.81. The second-order valence-electron chi connectivity index (χ2n) is 5.23. The van der Waals surface area contributed by atoms with Gasteiger partial charge in [-0.25, -0.2) is 0 Å². The van der Waals surface area contributed by atoms with Crippen molar-refractivity contribution in [1.29, 1.82) is 0 Å². The standard InChI is InChI=1S/C15H16ClNO2/c16-7-6-14(19)11-4-5-13-15-10(8-17(13)9-18)2-1-3-12(11)15/h4-5,9-10H,1-3,6-8H2. The summed E-state index contributed by atoms with van der Waals surface area (Å²) in [6.07, 6.45) is 4.42. The number of ketones is 1. The maximum Gasteiger partial charge on any atom is 0.214 e. The number of carbonyl (C=O) groups is 2. The number of hydrogen-bond donors (Lipinski definition) is 0. The number of amides is 1. The molecule has 1 unspecified atom stereocenters. The molecule has 0 saturated heterocycles. The number of Topliss-reactive ketones (excluding diaryl/α,β-unsaturated/α-hetero) is 1. The van der Waals surface area contributed by atoms with E-state index in [0.717, 1.165) is 49.0 Å². The first-order valence-corrected chi connectivity index (χ1v) is 7.26. The molecule has 19 heavy (non-hydrogen) atoms. The molecule has 0 spiro atoms. The summed E-state index contributed by atoms with van der Waals surface area (Å²) in [7, 11) is 0. The van der Waals surface area contributed by atoms with Crippen molar-refractivity contribution in [3.05, 3.63) is 28.8 Å². The van der Waals surface area contributed by atoms with Gasteiger partial charge < -0.3 is 4.90 Å². The molecule has 1 amide bonds. The van der Waals surface area contributed by atoms with E-state index in [-0.39, 0.29) is 5.78 Å². The van der Waals surface area contributed by atoms with Gasteiger partial charge in [0.1, 0.15) is 0 Å². The molecule has 1 atom stereocenters. The normalized spacial score (nSPS) is 20.3. The highest BCUT2D eigenvalue weighted by Gasteiger charge is 2.34. The Morgan fingerprint density at radius 3 is 3.05 bits per heavy atom. The molecule has 0 N–H and O–H groups in total. The van der Waals surface area contributed by atoms with Gasteiger partial charge in [0.15, 0.2) is 5.78 Å². The van der Waals surface area contributed by atoms with Crippen molar-refractivity contribution in [2.45, 2.75) is 31.6 Å². The van der Waals surface area contributed by atoms with E-state index >= 15 is 0 Å². The van der Waals surface area contributed by atoms with Gasteiger partial charge in [0, 0.05) is 36.0 Å². The Balaban J connectivity index is 2.10. The minimum atomic E-state index is 0.123. The molecule has 100 valence electrons. The van der Waals surface area contributed by atoms with Crippen LogP contribution in [-0.4, -0.2) is 24.6 Å². The predicted octanol–water partition coefficient (Wildman–Crippen LogP) is 2.89. The lowest BCUT2D eigenvalue weighted by Gasteiger charge is -2.22. The van der Waals surface area contributed by atoms with Crippen molar-refractivity contribution in [2.24, 2.45) is 0 Å². The maximum atomic E-state index is 12.1. The quantitative estimate of drug-likeness (QED) is 0.482. The summed E-state index contributed by atoms with van der Waals surface area (Å²) in [6, 6.07) is 3.78. The van der Waals surface area contributed by atoms with Crippen LogP contribution < -0.4 is 4.90 Å². The summed E-state index contributed by atoms with van der Waals surface area (Å²) in [5.74, 6) is 0.893. The number of nitrogens with zero attached hydrogens (tertiary/aromatic N) is 1. The molecule has 1 aromatic rings. The zero-order chi connectivity index (χ0) is 13.4. The van der Waals surface area contributed by atoms with E-state index in [1.165, 1.54) is 5.56 Å². The highest BCUT2D eigenvalue weighted by atomic mass is 35.5.